The SMILES string of the molecule is Cc1cn2nc(C3CCCCN3)cc2nc1N1CC(O)C(C#N)C1. The van der Waals surface area contributed by atoms with Gasteiger partial charge in [-0.15, -0.1) is 0 Å². The van der Waals surface area contributed by atoms with Crippen molar-refractivity contribution in [3.05, 3.63) is 23.5 Å². The molecule has 0 aromatic carbocycles. The van der Waals surface area contributed by atoms with Gasteiger partial charge < -0.3 is 15.3 Å². The highest BCUT2D eigenvalue weighted by Crippen LogP contribution is 2.27. The van der Waals surface area contributed by atoms with Crippen LogP contribution in [0.15, 0.2) is 12.3 Å². The average molecular weight is 326 g/mol. The van der Waals surface area contributed by atoms with Crippen LogP contribution in [0.1, 0.15) is 36.6 Å². The van der Waals surface area contributed by atoms with Crippen LogP contribution in [-0.4, -0.2) is 45.4 Å². The Bertz CT molecular complexity index is 788. The topological polar surface area (TPSA) is 89.5 Å². The Labute approximate surface area is 140 Å². The lowest BCUT2D eigenvalue weighted by atomic mass is 10.0. The lowest BCUT2D eigenvalue weighted by molar-refractivity contribution is 0.171. The summed E-state index contributed by atoms with van der Waals surface area (Å²) in [6, 6.07) is 4.52. The molecular weight excluding hydrogens is 304 g/mol. The molecule has 4 rings (SSSR count). The zero-order chi connectivity index (χ0) is 16.7. The highest BCUT2D eigenvalue weighted by molar-refractivity contribution is 5.54. The fraction of sp³-hybridized carbons (Fsp3) is 0.588. The minimum Gasteiger partial charge on any atom is -0.390 e. The van der Waals surface area contributed by atoms with E-state index in [4.69, 9.17) is 10.2 Å². The van der Waals surface area contributed by atoms with Gasteiger partial charge in [0.2, 0.25) is 0 Å². The fourth-order valence-corrected chi connectivity index (χ4v) is 3.70. The van der Waals surface area contributed by atoms with Crippen molar-refractivity contribution in [3.8, 4) is 6.07 Å². The van der Waals surface area contributed by atoms with Gasteiger partial charge in [0.25, 0.3) is 0 Å². The second-order valence-corrected chi connectivity index (χ2v) is 6.83. The molecule has 0 aliphatic carbocycles. The number of aliphatic hydroxyl groups excluding tert-OH is 1. The van der Waals surface area contributed by atoms with Crippen molar-refractivity contribution in [2.45, 2.75) is 38.3 Å². The summed E-state index contributed by atoms with van der Waals surface area (Å²) < 4.78 is 1.83. The van der Waals surface area contributed by atoms with Gasteiger partial charge in [0.15, 0.2) is 5.65 Å². The van der Waals surface area contributed by atoms with Crippen LogP contribution in [0.2, 0.25) is 0 Å². The molecular formula is C17H22N6O. The van der Waals surface area contributed by atoms with Gasteiger partial charge in [-0.2, -0.15) is 10.4 Å². The van der Waals surface area contributed by atoms with Crippen LogP contribution in [0.25, 0.3) is 5.65 Å². The predicted molar refractivity (Wildman–Crippen MR) is 89.6 cm³/mol. The average Bonchev–Trinajstić information content (AvgIpc) is 3.17. The highest BCUT2D eigenvalue weighted by Gasteiger charge is 2.33. The first-order chi connectivity index (χ1) is 11.7. The van der Waals surface area contributed by atoms with Gasteiger partial charge in [0.05, 0.1) is 29.8 Å². The molecule has 2 aromatic heterocycles. The van der Waals surface area contributed by atoms with Gasteiger partial charge in [-0.05, 0) is 26.3 Å². The molecule has 2 fully saturated rings. The number of β-amino-alcohol motifs (C(OH)–C–C–N with tert-alkyl or cyclic N) is 1. The third-order valence-electron chi connectivity index (χ3n) is 5.05. The van der Waals surface area contributed by atoms with E-state index >= 15 is 0 Å². The summed E-state index contributed by atoms with van der Waals surface area (Å²) in [6.07, 6.45) is 4.93. The minimum atomic E-state index is -0.612. The molecule has 2 aromatic rings. The number of aryl methyl sites for hydroxylation is 1. The summed E-state index contributed by atoms with van der Waals surface area (Å²) in [5.74, 6) is 0.483. The van der Waals surface area contributed by atoms with E-state index in [1.165, 1.54) is 12.8 Å². The number of nitrogens with one attached hydrogen (secondary N) is 1. The van der Waals surface area contributed by atoms with E-state index in [-0.39, 0.29) is 5.92 Å². The first-order valence-electron chi connectivity index (χ1n) is 8.58. The molecule has 7 nitrogen and oxygen atoms in total. The number of aliphatic hydroxyl groups is 1. The molecule has 24 heavy (non-hydrogen) atoms. The first kappa shape index (κ1) is 15.4. The van der Waals surface area contributed by atoms with Crippen LogP contribution in [0.3, 0.4) is 0 Å². The fourth-order valence-electron chi connectivity index (χ4n) is 3.70. The van der Waals surface area contributed by atoms with Gasteiger partial charge in [-0.1, -0.05) is 6.42 Å². The van der Waals surface area contributed by atoms with Crippen LogP contribution in [0.5, 0.6) is 0 Å². The second-order valence-electron chi connectivity index (χ2n) is 6.83. The van der Waals surface area contributed by atoms with Crippen LogP contribution in [0.4, 0.5) is 5.82 Å². The number of piperidine rings is 1. The number of rotatable bonds is 2. The number of hydrogen-bond acceptors (Lipinski definition) is 6. The van der Waals surface area contributed by atoms with Crippen LogP contribution >= 0.6 is 0 Å². The van der Waals surface area contributed by atoms with Gasteiger partial charge in [-0.25, -0.2) is 9.50 Å². The molecule has 2 saturated heterocycles. The number of nitrogens with zero attached hydrogens (tertiary/aromatic N) is 5. The monoisotopic (exact) mass is 326 g/mol. The summed E-state index contributed by atoms with van der Waals surface area (Å²) in [7, 11) is 0. The smallest absolute Gasteiger partial charge is 0.157 e. The molecule has 2 aliphatic heterocycles. The number of fused-ring (bicyclic) bond motifs is 1. The van der Waals surface area contributed by atoms with E-state index in [1.54, 1.807) is 0 Å². The van der Waals surface area contributed by atoms with E-state index in [2.05, 4.69) is 16.5 Å². The van der Waals surface area contributed by atoms with Crippen LogP contribution in [-0.2, 0) is 0 Å². The molecule has 0 amide bonds. The van der Waals surface area contributed by atoms with Gasteiger partial charge >= 0.3 is 0 Å². The molecule has 2 aliphatic rings. The largest absolute Gasteiger partial charge is 0.390 e. The predicted octanol–water partition coefficient (Wildman–Crippen LogP) is 1.17. The quantitative estimate of drug-likeness (QED) is 0.861. The van der Waals surface area contributed by atoms with E-state index in [0.717, 1.165) is 35.7 Å². The molecule has 7 heteroatoms. The number of aromatic nitrogens is 3. The molecule has 126 valence electrons. The maximum absolute atomic E-state index is 9.98. The van der Waals surface area contributed by atoms with Crippen molar-refractivity contribution < 1.29 is 5.11 Å². The Kier molecular flexibility index (Phi) is 3.87. The van der Waals surface area contributed by atoms with E-state index in [9.17, 15) is 5.11 Å². The Hall–Kier alpha value is -2.17. The van der Waals surface area contributed by atoms with E-state index in [0.29, 0.717) is 19.1 Å². The molecule has 4 heterocycles. The normalized spacial score (nSPS) is 27.5. The second kappa shape index (κ2) is 6.04. The summed E-state index contributed by atoms with van der Waals surface area (Å²) in [4.78, 5) is 6.75. The number of anilines is 1. The van der Waals surface area contributed by atoms with Gasteiger partial charge in [0, 0.05) is 30.9 Å². The minimum absolute atomic E-state index is 0.306. The van der Waals surface area contributed by atoms with Crippen molar-refractivity contribution in [2.24, 2.45) is 5.92 Å². The van der Waals surface area contributed by atoms with Crippen molar-refractivity contribution >= 4 is 11.5 Å². The van der Waals surface area contributed by atoms with Gasteiger partial charge in [-0.3, -0.25) is 0 Å². The third-order valence-corrected chi connectivity index (χ3v) is 5.05. The Morgan fingerprint density at radius 1 is 1.38 bits per heavy atom. The zero-order valence-electron chi connectivity index (χ0n) is 13.8. The summed E-state index contributed by atoms with van der Waals surface area (Å²) in [5.41, 5.74) is 2.85. The lowest BCUT2D eigenvalue weighted by Crippen LogP contribution is -2.27. The maximum atomic E-state index is 9.98. The number of hydrogen-bond donors (Lipinski definition) is 2. The van der Waals surface area contributed by atoms with E-state index < -0.39 is 6.10 Å². The molecule has 3 unspecified atom stereocenters. The van der Waals surface area contributed by atoms with Gasteiger partial charge in [0.1, 0.15) is 5.82 Å². The highest BCUT2D eigenvalue weighted by atomic mass is 16.3. The van der Waals surface area contributed by atoms with Crippen molar-refractivity contribution in [1.29, 1.82) is 5.26 Å². The standard InChI is InChI=1S/C17H22N6O/c1-11-8-23-16(6-14(21-23)13-4-2-3-5-19-13)20-17(11)22-9-12(7-18)15(24)10-22/h6,8,12-13,15,19,24H,2-5,9-10H2,1H3. The van der Waals surface area contributed by atoms with Crippen molar-refractivity contribution in [3.63, 3.8) is 0 Å². The molecule has 3 atom stereocenters. The van der Waals surface area contributed by atoms with Crippen LogP contribution < -0.4 is 10.2 Å². The summed E-state index contributed by atoms with van der Waals surface area (Å²) in [6.45, 7) is 4.01. The lowest BCUT2D eigenvalue weighted by Gasteiger charge is -2.21. The van der Waals surface area contributed by atoms with Crippen molar-refractivity contribution in [2.75, 3.05) is 24.5 Å². The Morgan fingerprint density at radius 2 is 2.25 bits per heavy atom. The summed E-state index contributed by atoms with van der Waals surface area (Å²) >= 11 is 0. The Balaban J connectivity index is 1.65. The molecule has 0 radical (unpaired) electrons. The van der Waals surface area contributed by atoms with Crippen molar-refractivity contribution in [1.82, 2.24) is 19.9 Å². The maximum Gasteiger partial charge on any atom is 0.157 e. The van der Waals surface area contributed by atoms with Crippen LogP contribution in [0, 0.1) is 24.2 Å². The molecule has 2 N–H and O–H groups in total. The Morgan fingerprint density at radius 3 is 2.96 bits per heavy atom. The molecule has 0 bridgehead atoms. The molecule has 0 saturated carbocycles. The van der Waals surface area contributed by atoms with E-state index in [1.807, 2.05) is 28.6 Å². The first-order valence-corrected chi connectivity index (χ1v) is 8.58. The number of nitriles is 1. The zero-order valence-corrected chi connectivity index (χ0v) is 13.8. The summed E-state index contributed by atoms with van der Waals surface area (Å²) in [5, 5.41) is 27.3. The third kappa shape index (κ3) is 2.62. The molecule has 0 spiro atoms.